The molecule has 1 aromatic rings. The highest BCUT2D eigenvalue weighted by molar-refractivity contribution is 5.99. The summed E-state index contributed by atoms with van der Waals surface area (Å²) in [6.45, 7) is 5.89. The first-order valence-electron chi connectivity index (χ1n) is 9.07. The van der Waals surface area contributed by atoms with E-state index in [2.05, 4.69) is 12.2 Å². The van der Waals surface area contributed by atoms with Crippen molar-refractivity contribution in [3.05, 3.63) is 23.8 Å². The average molecular weight is 363 g/mol. The van der Waals surface area contributed by atoms with Crippen LogP contribution in [0.3, 0.4) is 0 Å². The fourth-order valence-corrected chi connectivity index (χ4v) is 3.47. The highest BCUT2D eigenvalue weighted by atomic mass is 16.5. The number of hydrogen-bond acceptors (Lipinski definition) is 5. The fourth-order valence-electron chi connectivity index (χ4n) is 3.47. The van der Waals surface area contributed by atoms with Crippen molar-refractivity contribution < 1.29 is 23.8 Å². The molecule has 0 spiro atoms. The van der Waals surface area contributed by atoms with Gasteiger partial charge in [0.15, 0.2) is 0 Å². The van der Waals surface area contributed by atoms with E-state index in [4.69, 9.17) is 14.2 Å². The maximum atomic E-state index is 12.9. The lowest BCUT2D eigenvalue weighted by Crippen LogP contribution is -2.47. The van der Waals surface area contributed by atoms with Crippen molar-refractivity contribution >= 4 is 17.6 Å². The molecule has 1 N–H and O–H groups in total. The van der Waals surface area contributed by atoms with Gasteiger partial charge in [0.25, 0.3) is 5.91 Å². The summed E-state index contributed by atoms with van der Waals surface area (Å²) in [5, 5.41) is 2.90. The Balaban J connectivity index is 2.25. The summed E-state index contributed by atoms with van der Waals surface area (Å²) in [7, 11) is 2.90. The van der Waals surface area contributed by atoms with Crippen LogP contribution in [0.4, 0.5) is 5.69 Å². The van der Waals surface area contributed by atoms with E-state index < -0.39 is 11.6 Å². The zero-order valence-electron chi connectivity index (χ0n) is 16.3. The Labute approximate surface area is 155 Å². The van der Waals surface area contributed by atoms with Crippen molar-refractivity contribution in [2.45, 2.75) is 58.2 Å². The molecule has 1 amide bonds. The van der Waals surface area contributed by atoms with Crippen LogP contribution in [0.25, 0.3) is 0 Å². The van der Waals surface area contributed by atoms with E-state index in [-0.39, 0.29) is 17.6 Å². The van der Waals surface area contributed by atoms with Crippen molar-refractivity contribution in [3.63, 3.8) is 0 Å². The number of benzene rings is 1. The molecule has 0 saturated heterocycles. The first-order valence-corrected chi connectivity index (χ1v) is 9.07. The van der Waals surface area contributed by atoms with Gasteiger partial charge in [-0.2, -0.15) is 0 Å². The molecule has 6 nitrogen and oxygen atoms in total. The van der Waals surface area contributed by atoms with E-state index in [1.54, 1.807) is 25.3 Å². The smallest absolute Gasteiger partial charge is 0.341 e. The van der Waals surface area contributed by atoms with E-state index in [1.165, 1.54) is 7.11 Å². The number of carbonyl (C=O) groups excluding carboxylic acids is 2. The molecule has 0 unspecified atom stereocenters. The van der Waals surface area contributed by atoms with Crippen LogP contribution < -0.4 is 10.1 Å². The minimum Gasteiger partial charge on any atom is -0.490 e. The maximum absolute atomic E-state index is 12.9. The molecule has 0 aromatic heterocycles. The standard InChI is InChI=1S/C20H29NO5/c1-13(2)26-17-9-8-15(11-16(17)18(22)24-4)21-19(23)20(25-5)10-6-7-14(3)12-20/h8-9,11,13-14H,6-7,10,12H2,1-5H3,(H,21,23)/t14-,20-/m1/s1. The van der Waals surface area contributed by atoms with Gasteiger partial charge in [-0.1, -0.05) is 13.3 Å². The number of carbonyl (C=O) groups is 2. The van der Waals surface area contributed by atoms with E-state index in [0.29, 0.717) is 30.2 Å². The lowest BCUT2D eigenvalue weighted by atomic mass is 9.78. The van der Waals surface area contributed by atoms with E-state index in [9.17, 15) is 9.59 Å². The first kappa shape index (κ1) is 20.2. The van der Waals surface area contributed by atoms with Gasteiger partial charge in [-0.3, -0.25) is 4.79 Å². The summed E-state index contributed by atoms with van der Waals surface area (Å²) < 4.78 is 16.1. The Hall–Kier alpha value is -2.08. The molecular formula is C20H29NO5. The lowest BCUT2D eigenvalue weighted by Gasteiger charge is -2.37. The number of ether oxygens (including phenoxy) is 3. The van der Waals surface area contributed by atoms with E-state index >= 15 is 0 Å². The molecule has 1 saturated carbocycles. The summed E-state index contributed by atoms with van der Waals surface area (Å²) in [5.41, 5.74) is -0.0282. The topological polar surface area (TPSA) is 73.9 Å². The number of nitrogens with one attached hydrogen (secondary N) is 1. The van der Waals surface area contributed by atoms with Crippen LogP contribution in [0, 0.1) is 5.92 Å². The fraction of sp³-hybridized carbons (Fsp3) is 0.600. The Bertz CT molecular complexity index is 658. The average Bonchev–Trinajstić information content (AvgIpc) is 2.61. The van der Waals surface area contributed by atoms with Crippen LogP contribution in [0.15, 0.2) is 18.2 Å². The van der Waals surface area contributed by atoms with Gasteiger partial charge in [-0.25, -0.2) is 4.79 Å². The maximum Gasteiger partial charge on any atom is 0.341 e. The van der Waals surface area contributed by atoms with Crippen molar-refractivity contribution in [2.75, 3.05) is 19.5 Å². The van der Waals surface area contributed by atoms with Crippen LogP contribution in [0.1, 0.15) is 56.8 Å². The van der Waals surface area contributed by atoms with Gasteiger partial charge in [0.1, 0.15) is 16.9 Å². The molecule has 1 aliphatic rings. The summed E-state index contributed by atoms with van der Waals surface area (Å²) >= 11 is 0. The molecule has 2 atom stereocenters. The minimum absolute atomic E-state index is 0.0839. The SMILES string of the molecule is COC(=O)c1cc(NC(=O)[C@@]2(OC)CCC[C@@H](C)C2)ccc1OC(C)C. The molecule has 26 heavy (non-hydrogen) atoms. The second-order valence-corrected chi connectivity index (χ2v) is 7.22. The number of methoxy groups -OCH3 is 2. The molecule has 0 bridgehead atoms. The zero-order chi connectivity index (χ0) is 19.3. The number of hydrogen-bond donors (Lipinski definition) is 1. The Kier molecular flexibility index (Phi) is 6.64. The van der Waals surface area contributed by atoms with Gasteiger partial charge in [-0.15, -0.1) is 0 Å². The summed E-state index contributed by atoms with van der Waals surface area (Å²) in [6, 6.07) is 4.97. The number of anilines is 1. The van der Waals surface area contributed by atoms with Gasteiger partial charge >= 0.3 is 5.97 Å². The van der Waals surface area contributed by atoms with Gasteiger partial charge in [0.05, 0.1) is 13.2 Å². The molecule has 144 valence electrons. The van der Waals surface area contributed by atoms with Gasteiger partial charge < -0.3 is 19.5 Å². The largest absolute Gasteiger partial charge is 0.490 e. The quantitative estimate of drug-likeness (QED) is 0.778. The molecule has 0 heterocycles. The second-order valence-electron chi connectivity index (χ2n) is 7.22. The van der Waals surface area contributed by atoms with Crippen LogP contribution in [0.2, 0.25) is 0 Å². The van der Waals surface area contributed by atoms with E-state index in [0.717, 1.165) is 12.8 Å². The molecule has 6 heteroatoms. The van der Waals surface area contributed by atoms with Crippen LogP contribution in [-0.4, -0.2) is 37.8 Å². The lowest BCUT2D eigenvalue weighted by molar-refractivity contribution is -0.143. The Morgan fingerprint density at radius 3 is 2.58 bits per heavy atom. The monoisotopic (exact) mass is 363 g/mol. The van der Waals surface area contributed by atoms with Crippen LogP contribution in [0.5, 0.6) is 5.75 Å². The molecule has 2 rings (SSSR count). The highest BCUT2D eigenvalue weighted by Gasteiger charge is 2.42. The summed E-state index contributed by atoms with van der Waals surface area (Å²) in [6.07, 6.45) is 3.36. The van der Waals surface area contributed by atoms with Crippen molar-refractivity contribution in [1.82, 2.24) is 0 Å². The third-order valence-electron chi connectivity index (χ3n) is 4.77. The molecule has 0 aliphatic heterocycles. The van der Waals surface area contributed by atoms with Gasteiger partial charge in [0, 0.05) is 12.8 Å². The molecule has 1 aromatic carbocycles. The summed E-state index contributed by atoms with van der Waals surface area (Å²) in [5.74, 6) is 0.170. The Morgan fingerprint density at radius 1 is 1.27 bits per heavy atom. The number of esters is 1. The van der Waals surface area contributed by atoms with Crippen LogP contribution in [-0.2, 0) is 14.3 Å². The van der Waals surface area contributed by atoms with Crippen molar-refractivity contribution in [3.8, 4) is 5.75 Å². The predicted molar refractivity (Wildman–Crippen MR) is 99.5 cm³/mol. The zero-order valence-corrected chi connectivity index (χ0v) is 16.3. The van der Waals surface area contributed by atoms with Gasteiger partial charge in [-0.05, 0) is 57.2 Å². The van der Waals surface area contributed by atoms with E-state index in [1.807, 2.05) is 13.8 Å². The molecular weight excluding hydrogens is 334 g/mol. The van der Waals surface area contributed by atoms with Gasteiger partial charge in [0.2, 0.25) is 0 Å². The highest BCUT2D eigenvalue weighted by Crippen LogP contribution is 2.36. The molecule has 1 aliphatic carbocycles. The van der Waals surface area contributed by atoms with Crippen molar-refractivity contribution in [1.29, 1.82) is 0 Å². The normalized spacial score (nSPS) is 22.8. The van der Waals surface area contributed by atoms with Crippen LogP contribution >= 0.6 is 0 Å². The first-order chi connectivity index (χ1) is 12.3. The second kappa shape index (κ2) is 8.54. The summed E-state index contributed by atoms with van der Waals surface area (Å²) in [4.78, 5) is 25.0. The third kappa shape index (κ3) is 4.55. The molecule has 1 fully saturated rings. The number of rotatable bonds is 6. The Morgan fingerprint density at radius 2 is 2.00 bits per heavy atom. The minimum atomic E-state index is -0.823. The predicted octanol–water partition coefficient (Wildman–Crippen LogP) is 3.79. The van der Waals surface area contributed by atoms with Crippen molar-refractivity contribution in [2.24, 2.45) is 5.92 Å². The third-order valence-corrected chi connectivity index (χ3v) is 4.77. The molecule has 0 radical (unpaired) electrons. The number of amides is 1.